The molecule has 33 heavy (non-hydrogen) atoms. The van der Waals surface area contributed by atoms with Gasteiger partial charge in [0.15, 0.2) is 5.76 Å². The van der Waals surface area contributed by atoms with Gasteiger partial charge in [-0.2, -0.15) is 0 Å². The van der Waals surface area contributed by atoms with Gasteiger partial charge in [0.25, 0.3) is 11.8 Å². The van der Waals surface area contributed by atoms with E-state index in [0.29, 0.717) is 5.57 Å². The minimum Gasteiger partial charge on any atom is -0.477 e. The lowest BCUT2D eigenvalue weighted by Crippen LogP contribution is -2.71. The van der Waals surface area contributed by atoms with Crippen molar-refractivity contribution in [3.8, 4) is 0 Å². The Balaban J connectivity index is 1.48. The van der Waals surface area contributed by atoms with Gasteiger partial charge in [-0.3, -0.25) is 19.3 Å². The molecule has 2 amide bonds. The fourth-order valence-corrected chi connectivity index (χ4v) is 5.25. The summed E-state index contributed by atoms with van der Waals surface area (Å²) >= 11 is 1.27. The van der Waals surface area contributed by atoms with E-state index < -0.39 is 35.2 Å². The van der Waals surface area contributed by atoms with E-state index in [1.165, 1.54) is 24.9 Å². The summed E-state index contributed by atoms with van der Waals surface area (Å²) in [6, 6.07) is 2.22. The standard InChI is InChI=1S/C21H23N3O8S/c1-11(25)31-9-12-10-33-20-16(19(27)24(20)17(12)21(28)29)22-18(26)15(14-7-4-8-30-14)23-32-13-5-2-3-6-13/h4,7-8,13,16,20H,2-3,5-6,9-10H2,1H3,(H,22,26)(H,28,29)/b23-15-/t16-,20-/m1/s1. The number of carbonyl (C=O) groups excluding carboxylic acids is 3. The summed E-state index contributed by atoms with van der Waals surface area (Å²) in [5.41, 5.74) is 0.00312. The summed E-state index contributed by atoms with van der Waals surface area (Å²) in [5.74, 6) is -2.66. The normalized spacial score (nSPS) is 23.1. The fraction of sp³-hybridized carbons (Fsp3) is 0.476. The first-order valence-electron chi connectivity index (χ1n) is 10.5. The largest absolute Gasteiger partial charge is 0.477 e. The highest BCUT2D eigenvalue weighted by Gasteiger charge is 2.54. The van der Waals surface area contributed by atoms with Crippen molar-refractivity contribution in [1.82, 2.24) is 10.2 Å². The Bertz CT molecular complexity index is 1010. The molecule has 1 saturated heterocycles. The molecule has 1 saturated carbocycles. The van der Waals surface area contributed by atoms with Crippen LogP contribution in [0.4, 0.5) is 0 Å². The Morgan fingerprint density at radius 3 is 2.73 bits per heavy atom. The van der Waals surface area contributed by atoms with Crippen LogP contribution in [0.1, 0.15) is 38.4 Å². The molecule has 12 heteroatoms. The molecule has 0 aromatic carbocycles. The smallest absolute Gasteiger partial charge is 0.352 e. The Kier molecular flexibility index (Phi) is 6.72. The van der Waals surface area contributed by atoms with E-state index in [1.54, 1.807) is 12.1 Å². The van der Waals surface area contributed by atoms with Crippen molar-refractivity contribution < 1.29 is 38.3 Å². The van der Waals surface area contributed by atoms with Crippen LogP contribution < -0.4 is 5.32 Å². The van der Waals surface area contributed by atoms with Crippen molar-refractivity contribution in [2.24, 2.45) is 5.16 Å². The molecule has 0 spiro atoms. The summed E-state index contributed by atoms with van der Waals surface area (Å²) in [7, 11) is 0. The van der Waals surface area contributed by atoms with Gasteiger partial charge in [0.05, 0.1) is 6.26 Å². The van der Waals surface area contributed by atoms with E-state index in [9.17, 15) is 24.3 Å². The molecule has 2 N–H and O–H groups in total. The SMILES string of the molecule is CC(=O)OCC1=C(C(=O)O)N2C(=O)[C@@H](NC(=O)/C(=N\OC3CCCC3)c3ccco3)[C@H]2SC1. The molecule has 0 unspecified atom stereocenters. The van der Waals surface area contributed by atoms with Gasteiger partial charge >= 0.3 is 11.9 Å². The van der Waals surface area contributed by atoms with E-state index >= 15 is 0 Å². The van der Waals surface area contributed by atoms with Crippen LogP contribution in [0.3, 0.4) is 0 Å². The number of oxime groups is 1. The number of nitrogens with one attached hydrogen (secondary N) is 1. The third-order valence-corrected chi connectivity index (χ3v) is 6.89. The van der Waals surface area contributed by atoms with Gasteiger partial charge in [0.2, 0.25) is 5.71 Å². The second-order valence-corrected chi connectivity index (χ2v) is 8.93. The number of carboxylic acids is 1. The molecule has 0 bridgehead atoms. The van der Waals surface area contributed by atoms with Crippen molar-refractivity contribution in [1.29, 1.82) is 0 Å². The molecule has 11 nitrogen and oxygen atoms in total. The number of esters is 1. The van der Waals surface area contributed by atoms with Gasteiger partial charge in [-0.15, -0.1) is 11.8 Å². The lowest BCUT2D eigenvalue weighted by atomic mass is 10.0. The first-order valence-corrected chi connectivity index (χ1v) is 11.5. The highest BCUT2D eigenvalue weighted by molar-refractivity contribution is 8.00. The molecular weight excluding hydrogens is 454 g/mol. The van der Waals surface area contributed by atoms with Gasteiger partial charge in [-0.1, -0.05) is 5.16 Å². The zero-order valence-electron chi connectivity index (χ0n) is 17.8. The number of β-lactam (4-membered cyclic amide) rings is 1. The average Bonchev–Trinajstić information content (AvgIpc) is 3.50. The predicted octanol–water partition coefficient (Wildman–Crippen LogP) is 1.24. The highest BCUT2D eigenvalue weighted by atomic mass is 32.2. The molecule has 1 aromatic rings. The van der Waals surface area contributed by atoms with E-state index in [-0.39, 0.29) is 35.6 Å². The Morgan fingerprint density at radius 2 is 2.09 bits per heavy atom. The lowest BCUT2D eigenvalue weighted by Gasteiger charge is -2.49. The second kappa shape index (κ2) is 9.69. The van der Waals surface area contributed by atoms with Crippen LogP contribution in [0.5, 0.6) is 0 Å². The van der Waals surface area contributed by atoms with Crippen molar-refractivity contribution in [2.45, 2.75) is 50.1 Å². The molecule has 2 fully saturated rings. The molecule has 4 rings (SSSR count). The number of amides is 2. The monoisotopic (exact) mass is 477 g/mol. The molecule has 1 aromatic heterocycles. The number of aliphatic carboxylic acids is 1. The molecular formula is C21H23N3O8S. The van der Waals surface area contributed by atoms with Crippen molar-refractivity contribution >= 4 is 41.2 Å². The quantitative estimate of drug-likeness (QED) is 0.244. The number of hydrogen-bond acceptors (Lipinski definition) is 9. The van der Waals surface area contributed by atoms with Crippen LogP contribution in [-0.2, 0) is 28.8 Å². The summed E-state index contributed by atoms with van der Waals surface area (Å²) in [4.78, 5) is 55.3. The number of fused-ring (bicyclic) bond motifs is 1. The van der Waals surface area contributed by atoms with Crippen LogP contribution in [-0.4, -0.2) is 69.4 Å². The van der Waals surface area contributed by atoms with E-state index in [4.69, 9.17) is 14.0 Å². The molecule has 1 aliphatic carbocycles. The number of nitrogens with zero attached hydrogens (tertiary/aromatic N) is 2. The Hall–Kier alpha value is -3.28. The average molecular weight is 477 g/mol. The number of thioether (sulfide) groups is 1. The third-order valence-electron chi connectivity index (χ3n) is 5.55. The van der Waals surface area contributed by atoms with Crippen molar-refractivity contribution in [3.63, 3.8) is 0 Å². The third kappa shape index (κ3) is 4.75. The summed E-state index contributed by atoms with van der Waals surface area (Å²) < 4.78 is 10.2. The van der Waals surface area contributed by atoms with Crippen molar-refractivity contribution in [3.05, 3.63) is 35.4 Å². The number of ether oxygens (including phenoxy) is 1. The number of furan rings is 1. The summed E-state index contributed by atoms with van der Waals surface area (Å²) in [5, 5.41) is 15.7. The highest BCUT2D eigenvalue weighted by Crippen LogP contribution is 2.40. The lowest BCUT2D eigenvalue weighted by molar-refractivity contribution is -0.150. The number of carboxylic acid groups (broad SMARTS) is 1. The molecule has 176 valence electrons. The van der Waals surface area contributed by atoms with Crippen LogP contribution >= 0.6 is 11.8 Å². The predicted molar refractivity (Wildman–Crippen MR) is 115 cm³/mol. The first kappa shape index (κ1) is 22.9. The fourth-order valence-electron chi connectivity index (χ4n) is 3.93. The summed E-state index contributed by atoms with van der Waals surface area (Å²) in [6.07, 6.45) is 5.10. The molecule has 2 aliphatic heterocycles. The van der Waals surface area contributed by atoms with E-state index in [0.717, 1.165) is 30.6 Å². The van der Waals surface area contributed by atoms with Gasteiger partial charge in [-0.25, -0.2) is 4.79 Å². The molecule has 3 heterocycles. The van der Waals surface area contributed by atoms with Gasteiger partial charge in [0.1, 0.15) is 29.8 Å². The van der Waals surface area contributed by atoms with Crippen LogP contribution in [0.2, 0.25) is 0 Å². The van der Waals surface area contributed by atoms with Gasteiger partial charge in [0, 0.05) is 18.2 Å². The first-order chi connectivity index (χ1) is 15.9. The Morgan fingerprint density at radius 1 is 1.33 bits per heavy atom. The van der Waals surface area contributed by atoms with Gasteiger partial charge in [-0.05, 0) is 37.8 Å². The van der Waals surface area contributed by atoms with E-state index in [1.807, 2.05) is 0 Å². The van der Waals surface area contributed by atoms with E-state index in [2.05, 4.69) is 10.5 Å². The minimum absolute atomic E-state index is 0.0728. The number of rotatable bonds is 8. The van der Waals surface area contributed by atoms with Crippen molar-refractivity contribution in [2.75, 3.05) is 12.4 Å². The topological polar surface area (TPSA) is 148 Å². The molecule has 3 aliphatic rings. The van der Waals surface area contributed by atoms with Crippen LogP contribution in [0.25, 0.3) is 0 Å². The van der Waals surface area contributed by atoms with Crippen LogP contribution in [0.15, 0.2) is 39.2 Å². The maximum Gasteiger partial charge on any atom is 0.352 e. The zero-order chi connectivity index (χ0) is 23.5. The summed E-state index contributed by atoms with van der Waals surface area (Å²) in [6.45, 7) is 1.00. The number of hydrogen-bond donors (Lipinski definition) is 2. The van der Waals surface area contributed by atoms with Gasteiger partial charge < -0.3 is 24.4 Å². The maximum absolute atomic E-state index is 13.0. The molecule has 0 radical (unpaired) electrons. The molecule has 2 atom stereocenters. The van der Waals surface area contributed by atoms with Crippen LogP contribution in [0, 0.1) is 0 Å². The Labute approximate surface area is 193 Å². The minimum atomic E-state index is -1.30. The number of carbonyl (C=O) groups is 4. The zero-order valence-corrected chi connectivity index (χ0v) is 18.6. The second-order valence-electron chi connectivity index (χ2n) is 7.83. The maximum atomic E-state index is 13.0.